The molecule has 1 aliphatic heterocycles. The van der Waals surface area contributed by atoms with Crippen LogP contribution in [0.3, 0.4) is 0 Å². The number of nitrogens with zero attached hydrogens (tertiary/aromatic N) is 1. The van der Waals surface area contributed by atoms with E-state index in [9.17, 15) is 9.90 Å². The number of aliphatic carboxylic acids is 1. The number of hydrogen-bond donors (Lipinski definition) is 1. The minimum Gasteiger partial charge on any atom is -0.481 e. The maximum Gasteiger partial charge on any atom is 0.311 e. The summed E-state index contributed by atoms with van der Waals surface area (Å²) in [5.74, 6) is -1.12. The average Bonchev–Trinajstić information content (AvgIpc) is 2.49. The lowest BCUT2D eigenvalue weighted by atomic mass is 9.90. The molecule has 0 aliphatic carbocycles. The van der Waals surface area contributed by atoms with Gasteiger partial charge in [0.15, 0.2) is 0 Å². The molecule has 108 valence electrons. The van der Waals surface area contributed by atoms with Gasteiger partial charge in [0.05, 0.1) is 5.92 Å². The molecule has 1 heterocycles. The zero-order chi connectivity index (χ0) is 14.8. The van der Waals surface area contributed by atoms with Crippen molar-refractivity contribution in [3.8, 4) is 0 Å². The maximum absolute atomic E-state index is 11.4. The van der Waals surface area contributed by atoms with Gasteiger partial charge in [0.2, 0.25) is 0 Å². The van der Waals surface area contributed by atoms with Gasteiger partial charge in [-0.3, -0.25) is 4.79 Å². The van der Waals surface area contributed by atoms with Crippen molar-refractivity contribution in [2.24, 2.45) is 0 Å². The molecule has 21 heavy (non-hydrogen) atoms. The molecule has 0 saturated carbocycles. The highest BCUT2D eigenvalue weighted by molar-refractivity contribution is 9.10. The van der Waals surface area contributed by atoms with Crippen molar-refractivity contribution in [3.05, 3.63) is 64.1 Å². The lowest BCUT2D eigenvalue weighted by Gasteiger charge is -2.34. The van der Waals surface area contributed by atoms with Crippen molar-refractivity contribution < 1.29 is 9.90 Å². The van der Waals surface area contributed by atoms with E-state index in [0.29, 0.717) is 6.42 Å². The summed E-state index contributed by atoms with van der Waals surface area (Å²) in [5.41, 5.74) is 3.19. The number of benzene rings is 2. The molecule has 1 N–H and O–H groups in total. The third kappa shape index (κ3) is 2.95. The second kappa shape index (κ2) is 5.90. The van der Waals surface area contributed by atoms with Crippen molar-refractivity contribution in [1.29, 1.82) is 0 Å². The Morgan fingerprint density at radius 3 is 2.62 bits per heavy atom. The summed E-state index contributed by atoms with van der Waals surface area (Å²) in [6, 6.07) is 16.1. The van der Waals surface area contributed by atoms with Crippen molar-refractivity contribution in [2.75, 3.05) is 11.4 Å². The molecule has 0 amide bonds. The Balaban J connectivity index is 1.89. The fourth-order valence-corrected chi connectivity index (χ4v) is 3.13. The molecule has 0 bridgehead atoms. The number of carbonyl (C=O) groups is 1. The van der Waals surface area contributed by atoms with Crippen LogP contribution in [0.25, 0.3) is 0 Å². The van der Waals surface area contributed by atoms with Gasteiger partial charge in [0.25, 0.3) is 0 Å². The number of para-hydroxylation sites is 1. The molecule has 3 rings (SSSR count). The van der Waals surface area contributed by atoms with Crippen LogP contribution in [0.1, 0.15) is 23.5 Å². The Morgan fingerprint density at radius 2 is 1.90 bits per heavy atom. The highest BCUT2D eigenvalue weighted by Gasteiger charge is 2.29. The second-order valence-electron chi connectivity index (χ2n) is 5.29. The molecular formula is C17H16BrNO2. The highest BCUT2D eigenvalue weighted by Crippen LogP contribution is 2.36. The molecule has 4 heteroatoms. The van der Waals surface area contributed by atoms with E-state index in [-0.39, 0.29) is 5.92 Å². The molecular weight excluding hydrogens is 330 g/mol. The van der Waals surface area contributed by atoms with E-state index in [1.165, 1.54) is 5.56 Å². The number of carboxylic acids is 1. The van der Waals surface area contributed by atoms with Crippen molar-refractivity contribution in [2.45, 2.75) is 18.9 Å². The molecule has 1 aliphatic rings. The van der Waals surface area contributed by atoms with E-state index < -0.39 is 5.97 Å². The van der Waals surface area contributed by atoms with Crippen LogP contribution in [0, 0.1) is 0 Å². The normalized spacial score (nSPS) is 17.4. The Kier molecular flexibility index (Phi) is 3.97. The van der Waals surface area contributed by atoms with Gasteiger partial charge in [-0.15, -0.1) is 0 Å². The first kappa shape index (κ1) is 14.1. The van der Waals surface area contributed by atoms with Crippen LogP contribution < -0.4 is 4.90 Å². The fraction of sp³-hybridized carbons (Fsp3) is 0.235. The molecule has 0 radical (unpaired) electrons. The first-order valence-corrected chi connectivity index (χ1v) is 7.75. The van der Waals surface area contributed by atoms with Crippen molar-refractivity contribution in [1.82, 2.24) is 0 Å². The lowest BCUT2D eigenvalue weighted by molar-refractivity contribution is -0.139. The number of rotatable bonds is 3. The summed E-state index contributed by atoms with van der Waals surface area (Å²) >= 11 is 3.44. The predicted octanol–water partition coefficient (Wildman–Crippen LogP) is 4.03. The Morgan fingerprint density at radius 1 is 1.19 bits per heavy atom. The zero-order valence-electron chi connectivity index (χ0n) is 11.5. The van der Waals surface area contributed by atoms with Crippen LogP contribution in [0.15, 0.2) is 53.0 Å². The second-order valence-corrected chi connectivity index (χ2v) is 6.20. The van der Waals surface area contributed by atoms with Gasteiger partial charge in [-0.25, -0.2) is 0 Å². The fourth-order valence-electron chi connectivity index (χ4n) is 2.86. The van der Waals surface area contributed by atoms with E-state index in [0.717, 1.165) is 28.8 Å². The Bertz CT molecular complexity index is 654. The zero-order valence-corrected chi connectivity index (χ0v) is 13.1. The minimum atomic E-state index is -0.731. The summed E-state index contributed by atoms with van der Waals surface area (Å²) in [6.45, 7) is 1.57. The predicted molar refractivity (Wildman–Crippen MR) is 86.6 cm³/mol. The topological polar surface area (TPSA) is 40.5 Å². The van der Waals surface area contributed by atoms with E-state index in [2.05, 4.69) is 33.0 Å². The van der Waals surface area contributed by atoms with E-state index >= 15 is 0 Å². The Hall–Kier alpha value is -1.81. The van der Waals surface area contributed by atoms with Gasteiger partial charge in [-0.2, -0.15) is 0 Å². The van der Waals surface area contributed by atoms with E-state index in [4.69, 9.17) is 0 Å². The molecule has 0 aromatic heterocycles. The smallest absolute Gasteiger partial charge is 0.311 e. The third-order valence-electron chi connectivity index (χ3n) is 3.93. The summed E-state index contributed by atoms with van der Waals surface area (Å²) in [4.78, 5) is 13.7. The van der Waals surface area contributed by atoms with Gasteiger partial charge < -0.3 is 10.0 Å². The molecule has 1 unspecified atom stereocenters. The first-order chi connectivity index (χ1) is 10.1. The molecule has 2 aromatic carbocycles. The molecule has 2 aromatic rings. The third-order valence-corrected chi connectivity index (χ3v) is 4.45. The molecule has 3 nitrogen and oxygen atoms in total. The van der Waals surface area contributed by atoms with Gasteiger partial charge in [-0.1, -0.05) is 46.3 Å². The summed E-state index contributed by atoms with van der Waals surface area (Å²) in [7, 11) is 0. The number of hydrogen-bond acceptors (Lipinski definition) is 2. The van der Waals surface area contributed by atoms with Crippen LogP contribution in [0.5, 0.6) is 0 Å². The monoisotopic (exact) mass is 345 g/mol. The number of anilines is 1. The lowest BCUT2D eigenvalue weighted by Crippen LogP contribution is -2.33. The maximum atomic E-state index is 11.4. The van der Waals surface area contributed by atoms with Gasteiger partial charge in [0.1, 0.15) is 0 Å². The van der Waals surface area contributed by atoms with Crippen molar-refractivity contribution >= 4 is 27.6 Å². The molecule has 0 saturated heterocycles. The van der Waals surface area contributed by atoms with Gasteiger partial charge in [-0.05, 0) is 35.7 Å². The van der Waals surface area contributed by atoms with Crippen LogP contribution in [0.4, 0.5) is 5.69 Å². The van der Waals surface area contributed by atoms with Gasteiger partial charge in [0, 0.05) is 23.2 Å². The highest BCUT2D eigenvalue weighted by atomic mass is 79.9. The quantitative estimate of drug-likeness (QED) is 0.912. The minimum absolute atomic E-state index is 0.387. The first-order valence-electron chi connectivity index (χ1n) is 6.96. The van der Waals surface area contributed by atoms with Crippen molar-refractivity contribution in [3.63, 3.8) is 0 Å². The Labute approximate surface area is 132 Å². The average molecular weight is 346 g/mol. The largest absolute Gasteiger partial charge is 0.481 e. The molecule has 1 atom stereocenters. The van der Waals surface area contributed by atoms with Crippen LogP contribution in [-0.4, -0.2) is 17.6 Å². The van der Waals surface area contributed by atoms with Crippen LogP contribution in [0.2, 0.25) is 0 Å². The summed E-state index contributed by atoms with van der Waals surface area (Å²) < 4.78 is 1.07. The van der Waals surface area contributed by atoms with E-state index in [1.807, 2.05) is 36.4 Å². The van der Waals surface area contributed by atoms with E-state index in [1.54, 1.807) is 0 Å². The summed E-state index contributed by atoms with van der Waals surface area (Å²) in [5, 5.41) is 9.37. The van der Waals surface area contributed by atoms with Crippen LogP contribution >= 0.6 is 15.9 Å². The standard InChI is InChI=1S/C17H16BrNO2/c18-13-7-5-12(6-8-13)11-19-10-9-15(17(20)21)14-3-1-2-4-16(14)19/h1-8,15H,9-11H2,(H,20,21). The number of fused-ring (bicyclic) bond motifs is 1. The summed E-state index contributed by atoms with van der Waals surface area (Å²) in [6.07, 6.45) is 0.656. The van der Waals surface area contributed by atoms with Crippen LogP contribution in [-0.2, 0) is 11.3 Å². The number of halogens is 1. The van der Waals surface area contributed by atoms with Gasteiger partial charge >= 0.3 is 5.97 Å². The molecule has 0 spiro atoms. The number of carboxylic acid groups (broad SMARTS) is 1. The SMILES string of the molecule is O=C(O)C1CCN(Cc2ccc(Br)cc2)c2ccccc21. The molecule has 0 fully saturated rings.